The summed E-state index contributed by atoms with van der Waals surface area (Å²) in [6, 6.07) is 0. The Morgan fingerprint density at radius 1 is 0.484 bits per heavy atom. The van der Waals surface area contributed by atoms with Crippen molar-refractivity contribution in [3.8, 4) is 0 Å². The van der Waals surface area contributed by atoms with E-state index in [9.17, 15) is 28.8 Å². The van der Waals surface area contributed by atoms with Crippen molar-refractivity contribution in [2.24, 2.45) is 0 Å². The second-order valence-electron chi connectivity index (χ2n) is 7.07. The van der Waals surface area contributed by atoms with Crippen molar-refractivity contribution >= 4 is 34.7 Å². The number of unbranched alkanes of at least 4 members (excludes halogenated alkanes) is 3. The maximum Gasteiger partial charge on any atom is 3.00 e. The van der Waals surface area contributed by atoms with Crippen LogP contribution in [0, 0.1) is 20.8 Å². The molecule has 0 saturated heterocycles. The SMILES string of the molecule is [CH2-]C(=O)CC(=O)CCCC.[CH2-]C(=O)CC(=O)CCCC.[CH2-]C(=O)CC(=O)CCCC.[Ru+3]. The molecule has 7 heteroatoms. The van der Waals surface area contributed by atoms with Crippen molar-refractivity contribution in [2.75, 3.05) is 0 Å². The standard InChI is InChI=1S/3C8H13O2.Ru/c3*1-3-4-5-8(10)6-7(2)9;/h3*2-6H2,1H3;/q3*-1;+3. The van der Waals surface area contributed by atoms with Crippen LogP contribution in [0.15, 0.2) is 0 Å². The molecule has 1 radical (unpaired) electrons. The molecule has 0 heterocycles. The van der Waals surface area contributed by atoms with Crippen molar-refractivity contribution in [1.29, 1.82) is 0 Å². The molecule has 0 unspecified atom stereocenters. The third kappa shape index (κ3) is 39.3. The van der Waals surface area contributed by atoms with Gasteiger partial charge in [0.25, 0.3) is 0 Å². The molecule has 0 spiro atoms. The zero-order valence-electron chi connectivity index (χ0n) is 19.4. The van der Waals surface area contributed by atoms with Gasteiger partial charge < -0.3 is 35.2 Å². The molecule has 0 aliphatic carbocycles. The molecule has 0 saturated carbocycles. The van der Waals surface area contributed by atoms with Crippen LogP contribution in [-0.2, 0) is 48.2 Å². The van der Waals surface area contributed by atoms with Gasteiger partial charge in [0.15, 0.2) is 0 Å². The summed E-state index contributed by atoms with van der Waals surface area (Å²) >= 11 is 0. The first kappa shape index (κ1) is 36.6. The minimum atomic E-state index is -0.277. The van der Waals surface area contributed by atoms with E-state index in [4.69, 9.17) is 0 Å². The van der Waals surface area contributed by atoms with E-state index in [2.05, 4.69) is 20.8 Å². The molecule has 0 N–H and O–H groups in total. The van der Waals surface area contributed by atoms with Gasteiger partial charge in [0.05, 0.1) is 0 Å². The van der Waals surface area contributed by atoms with E-state index in [0.29, 0.717) is 19.3 Å². The van der Waals surface area contributed by atoms with Gasteiger partial charge in [-0.1, -0.05) is 40.0 Å². The fourth-order valence-electron chi connectivity index (χ4n) is 2.05. The van der Waals surface area contributed by atoms with E-state index in [-0.39, 0.29) is 73.4 Å². The van der Waals surface area contributed by atoms with Crippen molar-refractivity contribution < 1.29 is 48.2 Å². The van der Waals surface area contributed by atoms with Gasteiger partial charge in [-0.2, -0.15) is 0 Å². The van der Waals surface area contributed by atoms with Crippen LogP contribution >= 0.6 is 0 Å². The molecule has 0 atom stereocenters. The molecule has 0 bridgehead atoms. The maximum absolute atomic E-state index is 10.8. The van der Waals surface area contributed by atoms with Crippen molar-refractivity contribution in [3.05, 3.63) is 20.8 Å². The second kappa shape index (κ2) is 26.3. The van der Waals surface area contributed by atoms with E-state index < -0.39 is 0 Å². The Labute approximate surface area is 201 Å². The predicted octanol–water partition coefficient (Wildman–Crippen LogP) is 4.61. The molecule has 0 aromatic rings. The van der Waals surface area contributed by atoms with E-state index in [0.717, 1.165) is 38.5 Å². The first-order chi connectivity index (χ1) is 14.0. The first-order valence-electron chi connectivity index (χ1n) is 10.6. The molecule has 179 valence electrons. The van der Waals surface area contributed by atoms with E-state index in [1.165, 1.54) is 0 Å². The Morgan fingerprint density at radius 3 is 0.806 bits per heavy atom. The molecule has 0 aromatic carbocycles. The van der Waals surface area contributed by atoms with Gasteiger partial charge in [0.2, 0.25) is 0 Å². The maximum atomic E-state index is 10.8. The monoisotopic (exact) mass is 525 g/mol. The summed E-state index contributed by atoms with van der Waals surface area (Å²) in [6.45, 7) is 15.4. The molecule has 0 fully saturated rings. The van der Waals surface area contributed by atoms with Crippen LogP contribution in [0.2, 0.25) is 0 Å². The summed E-state index contributed by atoms with van der Waals surface area (Å²) < 4.78 is 0. The van der Waals surface area contributed by atoms with Crippen LogP contribution < -0.4 is 0 Å². The molecule has 31 heavy (non-hydrogen) atoms. The van der Waals surface area contributed by atoms with Gasteiger partial charge in [-0.3, -0.25) is 14.4 Å². The largest absolute Gasteiger partial charge is 3.00 e. The molecular weight excluding hydrogens is 485 g/mol. The number of carbonyl (C=O) groups excluding carboxylic acids is 6. The minimum absolute atomic E-state index is 0. The third-order valence-corrected chi connectivity index (χ3v) is 3.61. The van der Waals surface area contributed by atoms with Crippen LogP contribution in [0.4, 0.5) is 0 Å². The Kier molecular flexibility index (Phi) is 31.1. The van der Waals surface area contributed by atoms with Crippen molar-refractivity contribution in [1.82, 2.24) is 0 Å². The topological polar surface area (TPSA) is 102 Å². The average Bonchev–Trinajstić information content (AvgIpc) is 2.62. The number of rotatable bonds is 15. The molecule has 0 aliphatic heterocycles. The average molecular weight is 525 g/mol. The van der Waals surface area contributed by atoms with Crippen LogP contribution in [0.25, 0.3) is 0 Å². The quantitative estimate of drug-likeness (QED) is 0.176. The summed E-state index contributed by atoms with van der Waals surface area (Å²) in [6.07, 6.45) is 7.25. The number of hydrogen-bond acceptors (Lipinski definition) is 6. The fourth-order valence-corrected chi connectivity index (χ4v) is 2.05. The molecular formula is C24H39O6Ru. The molecule has 0 rings (SSSR count). The third-order valence-electron chi connectivity index (χ3n) is 3.61. The summed E-state index contributed by atoms with van der Waals surface area (Å²) in [7, 11) is 0. The van der Waals surface area contributed by atoms with Gasteiger partial charge >= 0.3 is 19.5 Å². The van der Waals surface area contributed by atoms with Gasteiger partial charge in [0.1, 0.15) is 17.3 Å². The van der Waals surface area contributed by atoms with Crippen LogP contribution in [0.3, 0.4) is 0 Å². The summed E-state index contributed by atoms with van der Waals surface area (Å²) in [5, 5.41) is 0. The smallest absolute Gasteiger partial charge is 0.339 e. The Morgan fingerprint density at radius 2 is 0.677 bits per heavy atom. The summed E-state index contributed by atoms with van der Waals surface area (Å²) in [5.41, 5.74) is 0. The molecule has 0 amide bonds. The minimum Gasteiger partial charge on any atom is -0.339 e. The van der Waals surface area contributed by atoms with Crippen LogP contribution in [-0.4, -0.2) is 34.7 Å². The summed E-state index contributed by atoms with van der Waals surface area (Å²) in [5.74, 6) is -0.783. The predicted molar refractivity (Wildman–Crippen MR) is 119 cm³/mol. The van der Waals surface area contributed by atoms with Crippen LogP contribution in [0.1, 0.15) is 97.8 Å². The van der Waals surface area contributed by atoms with Gasteiger partial charge in [-0.15, -0.1) is 0 Å². The van der Waals surface area contributed by atoms with E-state index in [1.807, 2.05) is 20.8 Å². The fraction of sp³-hybridized carbons (Fsp3) is 0.625. The number of ketones is 6. The number of carbonyl (C=O) groups is 6. The summed E-state index contributed by atoms with van der Waals surface area (Å²) in [4.78, 5) is 63.1. The van der Waals surface area contributed by atoms with E-state index in [1.54, 1.807) is 0 Å². The van der Waals surface area contributed by atoms with Gasteiger partial charge in [-0.25, -0.2) is 0 Å². The normalized spacial score (nSPS) is 9.00. The van der Waals surface area contributed by atoms with E-state index >= 15 is 0 Å². The van der Waals surface area contributed by atoms with Gasteiger partial charge in [0, 0.05) is 55.9 Å². The zero-order chi connectivity index (χ0) is 23.9. The number of Topliss-reactive ketones (excluding diaryl/α,β-unsaturated/α-hetero) is 6. The first-order valence-corrected chi connectivity index (χ1v) is 10.6. The zero-order valence-corrected chi connectivity index (χ0v) is 21.1. The Hall–Kier alpha value is -1.75. The van der Waals surface area contributed by atoms with Crippen molar-refractivity contribution in [3.63, 3.8) is 0 Å². The Bertz CT molecular complexity index is 464. The second-order valence-corrected chi connectivity index (χ2v) is 7.07. The van der Waals surface area contributed by atoms with Crippen molar-refractivity contribution in [2.45, 2.75) is 97.8 Å². The molecule has 6 nitrogen and oxygen atoms in total. The van der Waals surface area contributed by atoms with Crippen LogP contribution in [0.5, 0.6) is 0 Å². The Balaban J connectivity index is -0.000000174. The molecule has 0 aliphatic rings. The number of hydrogen-bond donors (Lipinski definition) is 0. The van der Waals surface area contributed by atoms with Gasteiger partial charge in [-0.05, 0) is 19.3 Å². The molecule has 0 aromatic heterocycles.